The van der Waals surface area contributed by atoms with Gasteiger partial charge >= 0.3 is 0 Å². The van der Waals surface area contributed by atoms with Gasteiger partial charge in [-0.05, 0) is 192 Å². The lowest BCUT2D eigenvalue weighted by molar-refractivity contribution is 0.590. The van der Waals surface area contributed by atoms with Crippen molar-refractivity contribution in [3.63, 3.8) is 0 Å². The van der Waals surface area contributed by atoms with Gasteiger partial charge in [0.25, 0.3) is 6.71 Å². The van der Waals surface area contributed by atoms with E-state index in [-0.39, 0.29) is 27.2 Å². The largest absolute Gasteiger partial charge is 0.456 e. The fraction of sp³-hybridized carbons (Fsp3) is 0.0769. The van der Waals surface area contributed by atoms with E-state index in [1.54, 1.807) is 4.57 Å². The van der Waals surface area contributed by atoms with E-state index in [0.717, 1.165) is 183 Å². The molecule has 2 aliphatic heterocycles. The minimum Gasteiger partial charge on any atom is -0.456 e. The van der Waals surface area contributed by atoms with Gasteiger partial charge in [0.1, 0.15) is 33.5 Å². The van der Waals surface area contributed by atoms with Gasteiger partial charge in [0, 0.05) is 93.8 Å². The first-order chi connectivity index (χ1) is 57.6. The molecule has 526 valence electrons. The molecule has 0 bridgehead atoms. The Kier molecular flexibility index (Phi) is 12.5. The number of furan rings is 3. The molecule has 0 amide bonds. The summed E-state index contributed by atoms with van der Waals surface area (Å²) in [6.45, 7) is 13.0. The second-order valence-corrected chi connectivity index (χ2v) is 31.6. The number of fused-ring (bicyclic) bond motifs is 16. The standard InChI is InChI=1S/C104H74BN3O3/c1-103(2,3)69-58-79(64-30-12-8-13-31-64)101(82(60-69)75-39-26-46-96-98(75)77-37-19-24-44-93(77)110-96)107-88-52-48-67(63-28-10-7-11-29-63)55-85(88)105-84-51-50-71(106-86-41-21-16-34-72(86)73-35-17-22-42-87(73)106)62-89(84)108(91-57-68(56-90(107)100(91)105)66-49-53-95-81(54-66)74-36-18-23-43-92(74)109-95)102-80(65-32-14-9-15-33-65)59-70(104(4,5)6)61-83(102)76-40-27-47-97-99(76)78-38-20-25-45-94(78)111-97/h7-62H,1-6H3/i16D,17D,21D,22D,34D,35D,41D,42D. The van der Waals surface area contributed by atoms with Crippen LogP contribution in [0.1, 0.15) is 63.6 Å². The number of benzene rings is 16. The molecule has 20 aromatic rings. The van der Waals surface area contributed by atoms with Crippen molar-refractivity contribution in [3.8, 4) is 72.4 Å². The van der Waals surface area contributed by atoms with Crippen LogP contribution in [0, 0.1) is 0 Å². The molecule has 6 nitrogen and oxygen atoms in total. The van der Waals surface area contributed by atoms with E-state index < -0.39 is 60.5 Å². The van der Waals surface area contributed by atoms with Crippen molar-refractivity contribution in [2.75, 3.05) is 9.80 Å². The van der Waals surface area contributed by atoms with Gasteiger partial charge in [-0.15, -0.1) is 0 Å². The van der Waals surface area contributed by atoms with Crippen LogP contribution < -0.4 is 26.2 Å². The van der Waals surface area contributed by atoms with Crippen LogP contribution in [0.15, 0.2) is 353 Å². The van der Waals surface area contributed by atoms with Crippen LogP contribution in [-0.2, 0) is 10.8 Å². The fourth-order valence-electron chi connectivity index (χ4n) is 17.9. The minimum atomic E-state index is -0.602. The van der Waals surface area contributed by atoms with Gasteiger partial charge in [0.05, 0.1) is 33.4 Å². The zero-order valence-corrected chi connectivity index (χ0v) is 61.9. The summed E-state index contributed by atoms with van der Waals surface area (Å²) < 4.78 is 98.9. The van der Waals surface area contributed by atoms with Crippen molar-refractivity contribution in [1.82, 2.24) is 4.57 Å². The monoisotopic (exact) mass is 1430 g/mol. The summed E-state index contributed by atoms with van der Waals surface area (Å²) in [5.41, 5.74) is 25.8. The molecule has 7 heteroatoms. The summed E-state index contributed by atoms with van der Waals surface area (Å²) in [5.74, 6) is 0. The highest BCUT2D eigenvalue weighted by Gasteiger charge is 2.47. The Morgan fingerprint density at radius 2 is 0.730 bits per heavy atom. The summed E-state index contributed by atoms with van der Waals surface area (Å²) in [5, 5.41) is 5.75. The van der Waals surface area contributed by atoms with Gasteiger partial charge in [-0.3, -0.25) is 0 Å². The summed E-state index contributed by atoms with van der Waals surface area (Å²) >= 11 is 0. The van der Waals surface area contributed by atoms with E-state index in [9.17, 15) is 11.0 Å². The zero-order valence-electron chi connectivity index (χ0n) is 69.9. The Morgan fingerprint density at radius 3 is 1.28 bits per heavy atom. The molecule has 22 rings (SSSR count). The molecule has 111 heavy (non-hydrogen) atoms. The first kappa shape index (κ1) is 56.6. The maximum absolute atomic E-state index is 10.0. The van der Waals surface area contributed by atoms with Gasteiger partial charge in [-0.1, -0.05) is 272 Å². The van der Waals surface area contributed by atoms with Crippen molar-refractivity contribution < 1.29 is 24.2 Å². The summed E-state index contributed by atoms with van der Waals surface area (Å²) in [7, 11) is 0. The number of nitrogens with zero attached hydrogens (tertiary/aromatic N) is 3. The van der Waals surface area contributed by atoms with Crippen LogP contribution in [0.5, 0.6) is 0 Å². The van der Waals surface area contributed by atoms with E-state index in [4.69, 9.17) is 13.3 Å². The van der Waals surface area contributed by atoms with Crippen LogP contribution in [0.25, 0.3) is 160 Å². The zero-order chi connectivity index (χ0) is 81.1. The van der Waals surface area contributed by atoms with Gasteiger partial charge < -0.3 is 27.6 Å². The molecule has 4 aromatic heterocycles. The van der Waals surface area contributed by atoms with Crippen LogP contribution in [0.2, 0.25) is 0 Å². The van der Waals surface area contributed by atoms with E-state index in [2.05, 4.69) is 294 Å². The molecule has 0 spiro atoms. The normalized spacial score (nSPS) is 13.9. The predicted octanol–water partition coefficient (Wildman–Crippen LogP) is 27.2. The second-order valence-electron chi connectivity index (χ2n) is 31.6. The number of hydrogen-bond donors (Lipinski definition) is 0. The Bertz CT molecular complexity index is 7690. The van der Waals surface area contributed by atoms with Crippen molar-refractivity contribution in [1.29, 1.82) is 0 Å². The molecule has 0 radical (unpaired) electrons. The molecule has 16 aromatic carbocycles. The smallest absolute Gasteiger partial charge is 0.252 e. The fourth-order valence-corrected chi connectivity index (χ4v) is 17.9. The third-order valence-corrected chi connectivity index (χ3v) is 23.1. The quantitative estimate of drug-likeness (QED) is 0.135. The maximum Gasteiger partial charge on any atom is 0.252 e. The van der Waals surface area contributed by atoms with Crippen LogP contribution in [-0.4, -0.2) is 11.3 Å². The average Bonchev–Trinajstić information content (AvgIpc) is 1.04. The highest BCUT2D eigenvalue weighted by molar-refractivity contribution is 7.00. The Hall–Kier alpha value is -13.6. The number of rotatable bonds is 9. The average molecular weight is 1430 g/mol. The molecule has 0 saturated carbocycles. The van der Waals surface area contributed by atoms with Crippen molar-refractivity contribution in [3.05, 3.63) is 351 Å². The molecule has 0 unspecified atom stereocenters. The molecule has 0 fully saturated rings. The first-order valence-corrected chi connectivity index (χ1v) is 38.0. The molecule has 0 saturated heterocycles. The molecular formula is C104H74BN3O3. The third kappa shape index (κ3) is 10.0. The Balaban J connectivity index is 0.970. The van der Waals surface area contributed by atoms with E-state index in [0.29, 0.717) is 17.0 Å². The predicted molar refractivity (Wildman–Crippen MR) is 467 cm³/mol. The van der Waals surface area contributed by atoms with E-state index in [1.165, 1.54) is 0 Å². The SMILES string of the molecule is [2H]c1c([2H])c([2H])c2c(c1[2H])c1c([2H])c([2H])c([2H])c([2H])c1n2-c1ccc2c(c1)N(c1c(-c3ccccc3)cc(C(C)(C)C)cc1-c1cccc3oc4ccccc4c13)c1cc(-c3ccc4oc5ccccc5c4c3)cc3c1B2c1cc(-c2ccccc2)ccc1N3c1c(-c2ccccc2)cc(C(C)(C)C)cc1-c1cccc2oc3ccccc3c12. The minimum absolute atomic E-state index is 0.0129. The van der Waals surface area contributed by atoms with E-state index >= 15 is 0 Å². The van der Waals surface area contributed by atoms with Gasteiger partial charge in [0.15, 0.2) is 0 Å². The van der Waals surface area contributed by atoms with Crippen LogP contribution in [0.3, 0.4) is 0 Å². The highest BCUT2D eigenvalue weighted by Crippen LogP contribution is 2.57. The van der Waals surface area contributed by atoms with Crippen molar-refractivity contribution in [2.24, 2.45) is 0 Å². The number of para-hydroxylation sites is 5. The maximum atomic E-state index is 10.0. The first-order valence-electron chi connectivity index (χ1n) is 42.0. The number of anilines is 6. The Labute approximate surface area is 655 Å². The second kappa shape index (κ2) is 24.4. The lowest BCUT2D eigenvalue weighted by atomic mass is 9.33. The molecule has 0 N–H and O–H groups in total. The third-order valence-electron chi connectivity index (χ3n) is 23.1. The van der Waals surface area contributed by atoms with Gasteiger partial charge in [-0.2, -0.15) is 0 Å². The molecular weight excluding hydrogens is 1350 g/mol. The molecule has 0 atom stereocenters. The van der Waals surface area contributed by atoms with Crippen molar-refractivity contribution in [2.45, 2.75) is 52.4 Å². The van der Waals surface area contributed by atoms with Gasteiger partial charge in [-0.25, -0.2) is 0 Å². The Morgan fingerprint density at radius 1 is 0.288 bits per heavy atom. The highest BCUT2D eigenvalue weighted by atomic mass is 16.3. The molecule has 6 heterocycles. The summed E-state index contributed by atoms with van der Waals surface area (Å²) in [4.78, 5) is 5.02. The topological polar surface area (TPSA) is 50.8 Å². The summed E-state index contributed by atoms with van der Waals surface area (Å²) in [6, 6.07) is 99.8. The lowest BCUT2D eigenvalue weighted by Crippen LogP contribution is -2.61. The van der Waals surface area contributed by atoms with Crippen LogP contribution >= 0.6 is 0 Å². The number of aromatic nitrogens is 1. The van der Waals surface area contributed by atoms with Crippen LogP contribution in [0.4, 0.5) is 34.1 Å². The lowest BCUT2D eigenvalue weighted by Gasteiger charge is -2.46. The number of hydrogen-bond acceptors (Lipinski definition) is 5. The van der Waals surface area contributed by atoms with Crippen molar-refractivity contribution >= 4 is 145 Å². The molecule has 2 aliphatic rings. The summed E-state index contributed by atoms with van der Waals surface area (Å²) in [6.07, 6.45) is 0. The van der Waals surface area contributed by atoms with Gasteiger partial charge in [0.2, 0.25) is 0 Å². The van der Waals surface area contributed by atoms with E-state index in [1.807, 2.05) is 48.5 Å². The molecule has 0 aliphatic carbocycles.